The lowest BCUT2D eigenvalue weighted by Crippen LogP contribution is -2.36. The molecule has 0 aliphatic rings. The Balaban J connectivity index is 1.52. The number of benzene rings is 3. The molecule has 38 heavy (non-hydrogen) atoms. The van der Waals surface area contributed by atoms with E-state index in [1.165, 1.54) is 4.57 Å². The number of nitrogens with zero attached hydrogens (tertiary/aromatic N) is 2. The number of fused-ring (bicyclic) bond motifs is 1. The Morgan fingerprint density at radius 1 is 1.00 bits per heavy atom. The van der Waals surface area contributed by atoms with Gasteiger partial charge < -0.3 is 24.4 Å². The number of carboxylic acid groups (broad SMARTS) is 1. The molecule has 0 saturated heterocycles. The predicted octanol–water partition coefficient (Wildman–Crippen LogP) is 4.98. The lowest BCUT2D eigenvalue weighted by atomic mass is 10.1. The Hall–Kier alpha value is -4.01. The predicted molar refractivity (Wildman–Crippen MR) is 147 cm³/mol. The van der Waals surface area contributed by atoms with Crippen LogP contribution in [0.25, 0.3) is 10.9 Å². The van der Waals surface area contributed by atoms with Crippen molar-refractivity contribution in [2.75, 3.05) is 33.9 Å². The first-order valence-electron chi connectivity index (χ1n) is 12.5. The largest absolute Gasteiger partial charge is 0.493 e. The molecule has 8 heteroatoms. The van der Waals surface area contributed by atoms with E-state index in [1.54, 1.807) is 26.5 Å². The van der Waals surface area contributed by atoms with Crippen LogP contribution in [0.1, 0.15) is 16.7 Å². The van der Waals surface area contributed by atoms with Crippen molar-refractivity contribution in [2.45, 2.75) is 26.0 Å². The number of para-hydroxylation sites is 1. The summed E-state index contributed by atoms with van der Waals surface area (Å²) in [6.07, 6.45) is 0.583. The molecule has 0 aliphatic heterocycles. The van der Waals surface area contributed by atoms with Crippen LogP contribution in [0, 0.1) is 6.92 Å². The van der Waals surface area contributed by atoms with Gasteiger partial charge in [0.15, 0.2) is 11.5 Å². The Kier molecular flexibility index (Phi) is 8.89. The first-order chi connectivity index (χ1) is 18.4. The van der Waals surface area contributed by atoms with Gasteiger partial charge in [-0.05, 0) is 60.4 Å². The lowest BCUT2D eigenvalue weighted by Gasteiger charge is -2.25. The van der Waals surface area contributed by atoms with Gasteiger partial charge in [0.2, 0.25) is 0 Å². The zero-order valence-electron chi connectivity index (χ0n) is 22.0. The van der Waals surface area contributed by atoms with Crippen molar-refractivity contribution in [3.63, 3.8) is 0 Å². The van der Waals surface area contributed by atoms with Crippen molar-refractivity contribution in [3.05, 3.63) is 89.6 Å². The average molecular weight is 519 g/mol. The van der Waals surface area contributed by atoms with E-state index in [1.807, 2.05) is 67.6 Å². The van der Waals surface area contributed by atoms with Crippen LogP contribution in [-0.4, -0.2) is 65.8 Å². The minimum Gasteiger partial charge on any atom is -0.493 e. The number of aliphatic hydroxyl groups is 1. The van der Waals surface area contributed by atoms with Crippen LogP contribution in [0.2, 0.25) is 0 Å². The van der Waals surface area contributed by atoms with Crippen LogP contribution < -0.4 is 14.2 Å². The molecule has 4 aromatic rings. The molecule has 0 fully saturated rings. The third-order valence-corrected chi connectivity index (χ3v) is 6.46. The maximum Gasteiger partial charge on any atom is 0.416 e. The highest BCUT2D eigenvalue weighted by Gasteiger charge is 2.18. The number of aliphatic hydroxyl groups excluding tert-OH is 1. The van der Waals surface area contributed by atoms with Crippen molar-refractivity contribution in [1.82, 2.24) is 9.47 Å². The molecule has 1 atom stereocenters. The van der Waals surface area contributed by atoms with Crippen LogP contribution in [0.5, 0.6) is 17.2 Å². The highest BCUT2D eigenvalue weighted by molar-refractivity contribution is 5.91. The van der Waals surface area contributed by atoms with E-state index in [-0.39, 0.29) is 6.61 Å². The lowest BCUT2D eigenvalue weighted by molar-refractivity contribution is 0.0660. The second-order valence-electron chi connectivity index (χ2n) is 9.28. The van der Waals surface area contributed by atoms with E-state index in [4.69, 9.17) is 14.2 Å². The van der Waals surface area contributed by atoms with Crippen LogP contribution in [0.4, 0.5) is 4.79 Å². The van der Waals surface area contributed by atoms with Crippen molar-refractivity contribution in [3.8, 4) is 17.2 Å². The molecule has 0 spiro atoms. The Labute approximate surface area is 222 Å². The Bertz CT molecular complexity index is 1380. The number of hydrogen-bond acceptors (Lipinski definition) is 6. The summed E-state index contributed by atoms with van der Waals surface area (Å²) >= 11 is 0. The second-order valence-corrected chi connectivity index (χ2v) is 9.28. The molecule has 1 unspecified atom stereocenters. The maximum absolute atomic E-state index is 11.8. The molecule has 8 nitrogen and oxygen atoms in total. The van der Waals surface area contributed by atoms with Crippen molar-refractivity contribution < 1.29 is 29.2 Å². The first kappa shape index (κ1) is 27.0. The standard InChI is InChI=1S/C30H34N2O6/c1-21-7-6-8-25(15-21)38-20-24(33)19-31(14-13-22-11-12-28(36-2)29(16-22)37-3)17-23-18-32(30(34)35)27-10-5-4-9-26(23)27/h4-12,15-16,18,24,33H,13-14,17,19-20H2,1-3H3,(H,34,35). The normalized spacial score (nSPS) is 12.0. The van der Waals surface area contributed by atoms with Crippen LogP contribution in [-0.2, 0) is 13.0 Å². The average Bonchev–Trinajstić information content (AvgIpc) is 3.29. The summed E-state index contributed by atoms with van der Waals surface area (Å²) in [4.78, 5) is 13.9. The van der Waals surface area contributed by atoms with Gasteiger partial charge in [0.05, 0.1) is 19.7 Å². The third-order valence-electron chi connectivity index (χ3n) is 6.46. The van der Waals surface area contributed by atoms with Gasteiger partial charge in [-0.25, -0.2) is 4.79 Å². The summed E-state index contributed by atoms with van der Waals surface area (Å²) in [5.74, 6) is 2.04. The number of rotatable bonds is 12. The summed E-state index contributed by atoms with van der Waals surface area (Å²) in [5, 5.41) is 21.4. The van der Waals surface area contributed by atoms with Crippen molar-refractivity contribution >= 4 is 17.0 Å². The molecule has 200 valence electrons. The quantitative estimate of drug-likeness (QED) is 0.273. The van der Waals surface area contributed by atoms with Gasteiger partial charge in [-0.1, -0.05) is 36.4 Å². The fourth-order valence-corrected chi connectivity index (χ4v) is 4.58. The van der Waals surface area contributed by atoms with E-state index in [0.29, 0.717) is 48.8 Å². The molecule has 0 bridgehead atoms. The molecular weight excluding hydrogens is 484 g/mol. The minimum absolute atomic E-state index is 0.146. The number of carbonyl (C=O) groups is 1. The van der Waals surface area contributed by atoms with Gasteiger partial charge >= 0.3 is 6.09 Å². The van der Waals surface area contributed by atoms with Gasteiger partial charge in [-0.3, -0.25) is 9.47 Å². The fourth-order valence-electron chi connectivity index (χ4n) is 4.58. The molecule has 0 aliphatic carbocycles. The van der Waals surface area contributed by atoms with Gasteiger partial charge in [0, 0.05) is 31.2 Å². The smallest absolute Gasteiger partial charge is 0.416 e. The number of aryl methyl sites for hydroxylation is 1. The summed E-state index contributed by atoms with van der Waals surface area (Å²) in [7, 11) is 3.21. The van der Waals surface area contributed by atoms with Gasteiger partial charge in [-0.15, -0.1) is 0 Å². The summed E-state index contributed by atoms with van der Waals surface area (Å²) in [6, 6.07) is 21.0. The number of ether oxygens (including phenoxy) is 3. The van der Waals surface area contributed by atoms with Gasteiger partial charge in [0.25, 0.3) is 0 Å². The molecule has 1 aromatic heterocycles. The molecule has 0 radical (unpaired) electrons. The van der Waals surface area contributed by atoms with Crippen molar-refractivity contribution in [1.29, 1.82) is 0 Å². The van der Waals surface area contributed by atoms with Crippen LogP contribution in [0.3, 0.4) is 0 Å². The minimum atomic E-state index is -1.03. The van der Waals surface area contributed by atoms with E-state index >= 15 is 0 Å². The van der Waals surface area contributed by atoms with Gasteiger partial charge in [0.1, 0.15) is 18.5 Å². The molecular formula is C30H34N2O6. The van der Waals surface area contributed by atoms with E-state index in [2.05, 4.69) is 4.90 Å². The first-order valence-corrected chi connectivity index (χ1v) is 12.5. The zero-order chi connectivity index (χ0) is 27.1. The highest BCUT2D eigenvalue weighted by atomic mass is 16.5. The van der Waals surface area contributed by atoms with Crippen LogP contribution >= 0.6 is 0 Å². The summed E-state index contributed by atoms with van der Waals surface area (Å²) < 4.78 is 17.9. The third kappa shape index (κ3) is 6.65. The Morgan fingerprint density at radius 3 is 2.53 bits per heavy atom. The molecule has 3 aromatic carbocycles. The SMILES string of the molecule is COc1ccc(CCN(Cc2cn(C(=O)O)c3ccccc23)CC(O)COc2cccc(C)c2)cc1OC. The fraction of sp³-hybridized carbons (Fsp3) is 0.300. The molecule has 4 rings (SSSR count). The van der Waals surface area contributed by atoms with E-state index in [9.17, 15) is 15.0 Å². The van der Waals surface area contributed by atoms with Gasteiger partial charge in [-0.2, -0.15) is 0 Å². The number of methoxy groups -OCH3 is 2. The maximum atomic E-state index is 11.8. The molecule has 0 saturated carbocycles. The van der Waals surface area contributed by atoms with E-state index in [0.717, 1.165) is 22.1 Å². The van der Waals surface area contributed by atoms with Crippen LogP contribution in [0.15, 0.2) is 72.9 Å². The van der Waals surface area contributed by atoms with E-state index < -0.39 is 12.2 Å². The highest BCUT2D eigenvalue weighted by Crippen LogP contribution is 2.28. The summed E-state index contributed by atoms with van der Waals surface area (Å²) in [6.45, 7) is 3.59. The number of hydrogen-bond donors (Lipinski definition) is 2. The monoisotopic (exact) mass is 518 g/mol. The molecule has 0 amide bonds. The topological polar surface area (TPSA) is 93.4 Å². The number of aromatic nitrogens is 1. The molecule has 2 N–H and O–H groups in total. The molecule has 1 heterocycles. The zero-order valence-corrected chi connectivity index (χ0v) is 22.0. The van der Waals surface area contributed by atoms with Crippen molar-refractivity contribution in [2.24, 2.45) is 0 Å². The Morgan fingerprint density at radius 2 is 1.79 bits per heavy atom. The summed E-state index contributed by atoms with van der Waals surface area (Å²) in [5.41, 5.74) is 3.66. The second kappa shape index (κ2) is 12.5.